The molecule has 0 unspecified atom stereocenters. The van der Waals surface area contributed by atoms with Gasteiger partial charge in [0, 0.05) is 11.6 Å². The van der Waals surface area contributed by atoms with E-state index in [1.54, 1.807) is 11.6 Å². The van der Waals surface area contributed by atoms with Gasteiger partial charge in [0.15, 0.2) is 15.1 Å². The van der Waals surface area contributed by atoms with Crippen LogP contribution in [-0.4, -0.2) is 28.0 Å². The van der Waals surface area contributed by atoms with E-state index in [-0.39, 0.29) is 15.3 Å². The van der Waals surface area contributed by atoms with E-state index in [0.717, 1.165) is 5.01 Å². The predicted octanol–water partition coefficient (Wildman–Crippen LogP) is 2.26. The standard InChI is InChI=1S/C9H8ClN5O2S3/c1-2-5-12-13-8(19-5)14-20(16,17)7-6(10)11-9-15(7)3-4-18-9/h3-4H,2H2,1H3,(H,13,14). The molecule has 0 saturated heterocycles. The number of anilines is 1. The summed E-state index contributed by atoms with van der Waals surface area (Å²) in [4.78, 5) is 4.51. The Morgan fingerprint density at radius 3 is 2.95 bits per heavy atom. The maximum atomic E-state index is 12.4. The van der Waals surface area contributed by atoms with Gasteiger partial charge >= 0.3 is 0 Å². The lowest BCUT2D eigenvalue weighted by molar-refractivity contribution is 0.596. The van der Waals surface area contributed by atoms with Crippen LogP contribution in [0, 0.1) is 0 Å². The van der Waals surface area contributed by atoms with Crippen LogP contribution in [0.1, 0.15) is 11.9 Å². The zero-order valence-electron chi connectivity index (χ0n) is 10.1. The van der Waals surface area contributed by atoms with Gasteiger partial charge in [-0.2, -0.15) is 8.42 Å². The van der Waals surface area contributed by atoms with Gasteiger partial charge in [0.05, 0.1) is 0 Å². The van der Waals surface area contributed by atoms with E-state index >= 15 is 0 Å². The molecule has 20 heavy (non-hydrogen) atoms. The molecule has 1 N–H and O–H groups in total. The second kappa shape index (κ2) is 4.95. The third-order valence-electron chi connectivity index (χ3n) is 2.42. The summed E-state index contributed by atoms with van der Waals surface area (Å²) in [5, 5.41) is 10.2. The Labute approximate surface area is 127 Å². The zero-order valence-corrected chi connectivity index (χ0v) is 13.3. The fraction of sp³-hybridized carbons (Fsp3) is 0.222. The summed E-state index contributed by atoms with van der Waals surface area (Å²) in [5.74, 6) is 0. The number of aryl methyl sites for hydroxylation is 1. The number of sulfonamides is 1. The number of nitrogens with one attached hydrogen (secondary N) is 1. The lowest BCUT2D eigenvalue weighted by atomic mass is 10.5. The summed E-state index contributed by atoms with van der Waals surface area (Å²) in [5.41, 5.74) is 0. The van der Waals surface area contributed by atoms with E-state index in [9.17, 15) is 8.42 Å². The van der Waals surface area contributed by atoms with Gasteiger partial charge in [-0.1, -0.05) is 29.9 Å². The highest BCUT2D eigenvalue weighted by molar-refractivity contribution is 7.93. The Hall–Kier alpha value is -1.23. The molecule has 3 rings (SSSR count). The molecule has 0 aliphatic heterocycles. The molecule has 0 aliphatic rings. The number of nitrogens with zero attached hydrogens (tertiary/aromatic N) is 4. The second-order valence-electron chi connectivity index (χ2n) is 3.72. The maximum Gasteiger partial charge on any atom is 0.282 e. The number of hydrogen-bond donors (Lipinski definition) is 1. The monoisotopic (exact) mass is 349 g/mol. The van der Waals surface area contributed by atoms with Gasteiger partial charge in [-0.25, -0.2) is 4.98 Å². The first-order valence-corrected chi connectivity index (χ1v) is 9.03. The number of fused-ring (bicyclic) bond motifs is 1. The SMILES string of the molecule is CCc1nnc(NS(=O)(=O)c2c(Cl)nc3sccn23)s1. The molecule has 0 spiro atoms. The molecule has 0 atom stereocenters. The molecule has 3 aromatic heterocycles. The van der Waals surface area contributed by atoms with Gasteiger partial charge < -0.3 is 0 Å². The van der Waals surface area contributed by atoms with Crippen LogP contribution in [0.3, 0.4) is 0 Å². The van der Waals surface area contributed by atoms with Crippen LogP contribution in [0.2, 0.25) is 5.15 Å². The van der Waals surface area contributed by atoms with Crippen LogP contribution in [-0.2, 0) is 16.4 Å². The fourth-order valence-corrected chi connectivity index (χ4v) is 4.95. The first-order valence-electron chi connectivity index (χ1n) is 5.47. The minimum atomic E-state index is -3.86. The highest BCUT2D eigenvalue weighted by Gasteiger charge is 2.26. The first kappa shape index (κ1) is 13.7. The van der Waals surface area contributed by atoms with Crippen LogP contribution in [0.4, 0.5) is 5.13 Å². The topological polar surface area (TPSA) is 89.2 Å². The summed E-state index contributed by atoms with van der Waals surface area (Å²) in [7, 11) is -3.86. The van der Waals surface area contributed by atoms with E-state index in [2.05, 4.69) is 19.9 Å². The van der Waals surface area contributed by atoms with Crippen molar-refractivity contribution in [3.8, 4) is 0 Å². The average Bonchev–Trinajstić information content (AvgIpc) is 3.03. The zero-order chi connectivity index (χ0) is 14.3. The molecular weight excluding hydrogens is 342 g/mol. The third-order valence-corrected chi connectivity index (χ3v) is 6.03. The van der Waals surface area contributed by atoms with E-state index in [4.69, 9.17) is 11.6 Å². The van der Waals surface area contributed by atoms with Crippen LogP contribution >= 0.6 is 34.3 Å². The maximum absolute atomic E-state index is 12.4. The minimum absolute atomic E-state index is 0.0652. The summed E-state index contributed by atoms with van der Waals surface area (Å²) in [6.07, 6.45) is 2.30. The van der Waals surface area contributed by atoms with Gasteiger partial charge in [-0.15, -0.1) is 21.5 Å². The lowest BCUT2D eigenvalue weighted by Gasteiger charge is -2.03. The fourth-order valence-electron chi connectivity index (χ4n) is 1.58. The Morgan fingerprint density at radius 1 is 1.45 bits per heavy atom. The summed E-state index contributed by atoms with van der Waals surface area (Å²) >= 11 is 8.41. The molecule has 0 fully saturated rings. The van der Waals surface area contributed by atoms with Gasteiger partial charge in [0.25, 0.3) is 10.0 Å². The molecule has 11 heteroatoms. The van der Waals surface area contributed by atoms with Crippen molar-refractivity contribution >= 4 is 54.4 Å². The van der Waals surface area contributed by atoms with E-state index in [1.165, 1.54) is 27.1 Å². The number of hydrogen-bond acceptors (Lipinski definition) is 7. The molecule has 0 aromatic carbocycles. The second-order valence-corrected chi connectivity index (χ2v) is 7.61. The molecule has 0 bridgehead atoms. The van der Waals surface area contributed by atoms with Crippen LogP contribution < -0.4 is 4.72 Å². The van der Waals surface area contributed by atoms with Crippen molar-refractivity contribution in [1.29, 1.82) is 0 Å². The van der Waals surface area contributed by atoms with Gasteiger partial charge in [0.1, 0.15) is 5.01 Å². The minimum Gasteiger partial charge on any atom is -0.278 e. The highest BCUT2D eigenvalue weighted by Crippen LogP contribution is 2.27. The third kappa shape index (κ3) is 2.28. The Balaban J connectivity index is 2.03. The van der Waals surface area contributed by atoms with Crippen LogP contribution in [0.25, 0.3) is 4.96 Å². The van der Waals surface area contributed by atoms with Crippen molar-refractivity contribution in [2.45, 2.75) is 18.4 Å². The quantitative estimate of drug-likeness (QED) is 0.780. The average molecular weight is 350 g/mol. The Kier molecular flexibility index (Phi) is 3.40. The molecule has 0 saturated carbocycles. The number of halogens is 1. The first-order chi connectivity index (χ1) is 9.51. The molecule has 0 amide bonds. The van der Waals surface area contributed by atoms with Crippen molar-refractivity contribution in [2.75, 3.05) is 4.72 Å². The van der Waals surface area contributed by atoms with E-state index in [0.29, 0.717) is 11.4 Å². The van der Waals surface area contributed by atoms with Crippen molar-refractivity contribution in [2.24, 2.45) is 0 Å². The molecule has 3 heterocycles. The molecule has 7 nitrogen and oxygen atoms in total. The van der Waals surface area contributed by atoms with Crippen LogP contribution in [0.5, 0.6) is 0 Å². The highest BCUT2D eigenvalue weighted by atomic mass is 35.5. The Bertz CT molecular complexity index is 865. The lowest BCUT2D eigenvalue weighted by Crippen LogP contribution is -2.15. The number of rotatable bonds is 4. The van der Waals surface area contributed by atoms with Crippen molar-refractivity contribution in [3.63, 3.8) is 0 Å². The molecular formula is C9H8ClN5O2S3. The van der Waals surface area contributed by atoms with Crippen molar-refractivity contribution in [1.82, 2.24) is 19.6 Å². The number of imidazole rings is 1. The largest absolute Gasteiger partial charge is 0.282 e. The van der Waals surface area contributed by atoms with Gasteiger partial charge in [0.2, 0.25) is 5.13 Å². The summed E-state index contributed by atoms with van der Waals surface area (Å²) in [6.45, 7) is 1.92. The Morgan fingerprint density at radius 2 is 2.25 bits per heavy atom. The predicted molar refractivity (Wildman–Crippen MR) is 78.2 cm³/mol. The summed E-state index contributed by atoms with van der Waals surface area (Å²) < 4.78 is 28.6. The molecule has 106 valence electrons. The van der Waals surface area contributed by atoms with Crippen LogP contribution in [0.15, 0.2) is 16.6 Å². The van der Waals surface area contributed by atoms with Gasteiger partial charge in [-0.3, -0.25) is 9.12 Å². The molecule has 0 aliphatic carbocycles. The number of thiazole rings is 1. The van der Waals surface area contributed by atoms with Crippen molar-refractivity contribution in [3.05, 3.63) is 21.7 Å². The molecule has 3 aromatic rings. The van der Waals surface area contributed by atoms with Crippen molar-refractivity contribution < 1.29 is 8.42 Å². The smallest absolute Gasteiger partial charge is 0.278 e. The van der Waals surface area contributed by atoms with E-state index in [1.807, 2.05) is 6.92 Å². The van der Waals surface area contributed by atoms with Gasteiger partial charge in [-0.05, 0) is 6.42 Å². The normalized spacial score (nSPS) is 12.1. The number of aromatic nitrogens is 4. The summed E-state index contributed by atoms with van der Waals surface area (Å²) in [6, 6.07) is 0. The molecule has 0 radical (unpaired) electrons. The van der Waals surface area contributed by atoms with E-state index < -0.39 is 10.0 Å².